The monoisotopic (exact) mass is 281 g/mol. The van der Waals surface area contributed by atoms with E-state index in [-0.39, 0.29) is 23.7 Å². The molecule has 0 aromatic carbocycles. The fourth-order valence-electron chi connectivity index (χ4n) is 3.88. The number of fused-ring (bicyclic) bond motifs is 1. The van der Waals surface area contributed by atoms with E-state index in [0.717, 1.165) is 24.7 Å². The van der Waals surface area contributed by atoms with Crippen molar-refractivity contribution in [1.82, 2.24) is 5.32 Å². The highest BCUT2D eigenvalue weighted by molar-refractivity contribution is 5.82. The Morgan fingerprint density at radius 1 is 1.30 bits per heavy atom. The Hall–Kier alpha value is -1.26. The molecule has 1 amide bonds. The molecule has 114 valence electrons. The van der Waals surface area contributed by atoms with Crippen LogP contribution in [0.4, 0.5) is 0 Å². The molecule has 0 saturated heterocycles. The van der Waals surface area contributed by atoms with Gasteiger partial charge in [-0.1, -0.05) is 30.8 Å². The van der Waals surface area contributed by atoms with Crippen LogP contribution >= 0.6 is 0 Å². The van der Waals surface area contributed by atoms with Crippen molar-refractivity contribution in [1.29, 1.82) is 0 Å². The van der Waals surface area contributed by atoms with Crippen LogP contribution in [0, 0.1) is 17.8 Å². The number of nitrogens with zero attached hydrogens (tertiary/aromatic N) is 1. The number of carbonyl (C=O) groups excluding carboxylic acids is 1. The largest absolute Gasteiger partial charge is 0.409 e. The lowest BCUT2D eigenvalue weighted by molar-refractivity contribution is -0.127. The molecule has 2 rings (SSSR count). The molecule has 2 fully saturated rings. The van der Waals surface area contributed by atoms with E-state index in [0.29, 0.717) is 6.42 Å². The highest BCUT2D eigenvalue weighted by Gasteiger charge is 2.35. The summed E-state index contributed by atoms with van der Waals surface area (Å²) in [6, 6.07) is -0.0810. The van der Waals surface area contributed by atoms with Crippen LogP contribution in [-0.4, -0.2) is 23.0 Å². The molecule has 0 bridgehead atoms. The fraction of sp³-hybridized carbons (Fsp3) is 0.867. The van der Waals surface area contributed by atoms with E-state index >= 15 is 0 Å². The van der Waals surface area contributed by atoms with Gasteiger partial charge in [0.25, 0.3) is 0 Å². The molecule has 0 spiro atoms. The minimum Gasteiger partial charge on any atom is -0.409 e. The molecule has 0 aromatic rings. The molecule has 5 heteroatoms. The number of oxime groups is 1. The van der Waals surface area contributed by atoms with E-state index in [1.54, 1.807) is 0 Å². The van der Waals surface area contributed by atoms with E-state index < -0.39 is 0 Å². The Morgan fingerprint density at radius 3 is 2.70 bits per heavy atom. The summed E-state index contributed by atoms with van der Waals surface area (Å²) in [7, 11) is 0. The van der Waals surface area contributed by atoms with Crippen LogP contribution in [0.1, 0.15) is 58.3 Å². The van der Waals surface area contributed by atoms with Crippen molar-refractivity contribution in [3.63, 3.8) is 0 Å². The molecule has 4 unspecified atom stereocenters. The predicted octanol–water partition coefficient (Wildman–Crippen LogP) is 2.23. The summed E-state index contributed by atoms with van der Waals surface area (Å²) >= 11 is 0. The smallest absolute Gasteiger partial charge is 0.223 e. The van der Waals surface area contributed by atoms with Crippen LogP contribution in [0.25, 0.3) is 0 Å². The number of amidine groups is 1. The molecule has 0 aromatic heterocycles. The van der Waals surface area contributed by atoms with Gasteiger partial charge in [-0.3, -0.25) is 4.79 Å². The number of carbonyl (C=O) groups is 1. The van der Waals surface area contributed by atoms with Crippen molar-refractivity contribution in [2.75, 3.05) is 0 Å². The van der Waals surface area contributed by atoms with E-state index in [1.165, 1.54) is 32.1 Å². The zero-order valence-electron chi connectivity index (χ0n) is 12.3. The Kier molecular flexibility index (Phi) is 5.26. The van der Waals surface area contributed by atoms with Gasteiger partial charge in [-0.05, 0) is 38.0 Å². The van der Waals surface area contributed by atoms with Crippen molar-refractivity contribution in [2.45, 2.75) is 64.3 Å². The van der Waals surface area contributed by atoms with E-state index in [9.17, 15) is 4.79 Å². The van der Waals surface area contributed by atoms with E-state index in [1.807, 2.05) is 6.92 Å². The molecule has 4 N–H and O–H groups in total. The Balaban J connectivity index is 1.81. The normalized spacial score (nSPS) is 32.2. The van der Waals surface area contributed by atoms with Crippen molar-refractivity contribution in [3.8, 4) is 0 Å². The van der Waals surface area contributed by atoms with Gasteiger partial charge in [0.1, 0.15) is 5.84 Å². The highest BCUT2D eigenvalue weighted by atomic mass is 16.4. The van der Waals surface area contributed by atoms with Gasteiger partial charge in [-0.25, -0.2) is 0 Å². The lowest BCUT2D eigenvalue weighted by Crippen LogP contribution is -2.42. The average molecular weight is 281 g/mol. The summed E-state index contributed by atoms with van der Waals surface area (Å²) in [5, 5.41) is 14.5. The van der Waals surface area contributed by atoms with Crippen molar-refractivity contribution in [3.05, 3.63) is 0 Å². The number of nitrogens with two attached hydrogens (primary N) is 1. The van der Waals surface area contributed by atoms with Gasteiger partial charge in [0, 0.05) is 18.4 Å². The van der Waals surface area contributed by atoms with Crippen LogP contribution in [0.5, 0.6) is 0 Å². The lowest BCUT2D eigenvalue weighted by Gasteiger charge is -2.39. The van der Waals surface area contributed by atoms with E-state index in [4.69, 9.17) is 10.9 Å². The second kappa shape index (κ2) is 6.95. The van der Waals surface area contributed by atoms with Crippen LogP contribution in [-0.2, 0) is 4.79 Å². The summed E-state index contributed by atoms with van der Waals surface area (Å²) < 4.78 is 0. The summed E-state index contributed by atoms with van der Waals surface area (Å²) in [6.07, 6.45) is 9.02. The topological polar surface area (TPSA) is 87.7 Å². The fourth-order valence-corrected chi connectivity index (χ4v) is 3.88. The van der Waals surface area contributed by atoms with Crippen LogP contribution < -0.4 is 11.1 Å². The van der Waals surface area contributed by atoms with Crippen LogP contribution in [0.2, 0.25) is 0 Å². The van der Waals surface area contributed by atoms with Gasteiger partial charge in [-0.2, -0.15) is 0 Å². The Bertz CT molecular complexity index is 370. The third kappa shape index (κ3) is 3.87. The van der Waals surface area contributed by atoms with Crippen LogP contribution in [0.3, 0.4) is 0 Å². The zero-order valence-corrected chi connectivity index (χ0v) is 12.3. The molecule has 2 aliphatic carbocycles. The van der Waals surface area contributed by atoms with Gasteiger partial charge in [-0.15, -0.1) is 0 Å². The first kappa shape index (κ1) is 15.1. The Labute approximate surface area is 121 Å². The third-order valence-electron chi connectivity index (χ3n) is 4.94. The molecule has 4 atom stereocenters. The first-order valence-electron chi connectivity index (χ1n) is 7.87. The Morgan fingerprint density at radius 2 is 2.00 bits per heavy atom. The third-order valence-corrected chi connectivity index (χ3v) is 4.94. The molecule has 2 aliphatic rings. The van der Waals surface area contributed by atoms with Crippen molar-refractivity contribution < 1.29 is 10.0 Å². The van der Waals surface area contributed by atoms with Gasteiger partial charge in [0.05, 0.1) is 0 Å². The summed E-state index contributed by atoms with van der Waals surface area (Å²) in [5.41, 5.74) is 5.46. The minimum absolute atomic E-state index is 0.0810. The molecular weight excluding hydrogens is 254 g/mol. The molecule has 0 radical (unpaired) electrons. The maximum Gasteiger partial charge on any atom is 0.223 e. The highest BCUT2D eigenvalue weighted by Crippen LogP contribution is 2.42. The lowest BCUT2D eigenvalue weighted by atomic mass is 9.67. The predicted molar refractivity (Wildman–Crippen MR) is 78.4 cm³/mol. The zero-order chi connectivity index (χ0) is 14.5. The number of rotatable bonds is 4. The van der Waals surface area contributed by atoms with Crippen molar-refractivity contribution in [2.24, 2.45) is 28.6 Å². The number of amides is 1. The number of hydrogen-bond donors (Lipinski definition) is 3. The minimum atomic E-state index is -0.0810. The molecule has 0 aliphatic heterocycles. The number of hydrogen-bond acceptors (Lipinski definition) is 3. The SMILES string of the molecule is CC(CC(N)=NO)NC(=O)C1CCC2CCCCC2C1. The van der Waals surface area contributed by atoms with Gasteiger partial charge < -0.3 is 16.3 Å². The summed E-state index contributed by atoms with van der Waals surface area (Å²) in [6.45, 7) is 1.89. The maximum atomic E-state index is 12.3. The second-order valence-corrected chi connectivity index (χ2v) is 6.52. The molecule has 0 heterocycles. The quantitative estimate of drug-likeness (QED) is 0.319. The average Bonchev–Trinajstić information content (AvgIpc) is 2.46. The van der Waals surface area contributed by atoms with Crippen LogP contribution in [0.15, 0.2) is 5.16 Å². The number of nitrogens with one attached hydrogen (secondary N) is 1. The van der Waals surface area contributed by atoms with Crippen molar-refractivity contribution >= 4 is 11.7 Å². The summed E-state index contributed by atoms with van der Waals surface area (Å²) in [4.78, 5) is 12.3. The van der Waals surface area contributed by atoms with Gasteiger partial charge in [0.15, 0.2) is 0 Å². The van der Waals surface area contributed by atoms with E-state index in [2.05, 4.69) is 10.5 Å². The molecule has 2 saturated carbocycles. The standard InChI is InChI=1S/C15H27N3O2/c1-10(8-14(16)18-20)17-15(19)13-7-6-11-4-2-3-5-12(11)9-13/h10-13,20H,2-9H2,1H3,(H2,16,18)(H,17,19). The first-order valence-corrected chi connectivity index (χ1v) is 7.87. The second-order valence-electron chi connectivity index (χ2n) is 6.52. The molecular formula is C15H27N3O2. The van der Waals surface area contributed by atoms with Gasteiger partial charge in [0.2, 0.25) is 5.91 Å². The van der Waals surface area contributed by atoms with Gasteiger partial charge >= 0.3 is 0 Å². The first-order chi connectivity index (χ1) is 9.60. The maximum absolute atomic E-state index is 12.3. The summed E-state index contributed by atoms with van der Waals surface area (Å²) in [5.74, 6) is 2.08. The molecule has 20 heavy (non-hydrogen) atoms. The molecule has 5 nitrogen and oxygen atoms in total.